The first-order valence-electron chi connectivity index (χ1n) is 8.68. The molecule has 0 bridgehead atoms. The van der Waals surface area contributed by atoms with Gasteiger partial charge in [0.1, 0.15) is 11.6 Å². The van der Waals surface area contributed by atoms with Crippen LogP contribution in [-0.2, 0) is 31.6 Å². The minimum absolute atomic E-state index is 0.127. The minimum Gasteiger partial charge on any atom is -0.369 e. The Bertz CT molecular complexity index is 1010. The van der Waals surface area contributed by atoms with Crippen molar-refractivity contribution in [2.45, 2.75) is 12.2 Å². The quantitative estimate of drug-likeness (QED) is 0.630. The number of primary amides is 1. The zero-order valence-corrected chi connectivity index (χ0v) is 16.3. The van der Waals surface area contributed by atoms with Crippen molar-refractivity contribution in [2.75, 3.05) is 12.3 Å². The van der Waals surface area contributed by atoms with E-state index in [0.717, 1.165) is 0 Å². The van der Waals surface area contributed by atoms with E-state index in [4.69, 9.17) is 11.0 Å². The molecule has 2 aromatic carbocycles. The lowest BCUT2D eigenvalue weighted by molar-refractivity contribution is -0.122. The molecular formula is C20H20FN3O4S. The Balaban J connectivity index is 1.90. The molecule has 0 radical (unpaired) electrons. The van der Waals surface area contributed by atoms with Crippen LogP contribution in [0.3, 0.4) is 0 Å². The summed E-state index contributed by atoms with van der Waals surface area (Å²) in [5.41, 5.74) is 6.88. The first-order valence-corrected chi connectivity index (χ1v) is 10.5. The predicted molar refractivity (Wildman–Crippen MR) is 104 cm³/mol. The van der Waals surface area contributed by atoms with Crippen LogP contribution in [0.25, 0.3) is 0 Å². The number of nitrogens with one attached hydrogen (secondary N) is 1. The standard InChI is InChI=1S/C20H20FN3O4S/c21-18-7-5-14(6-8-18)9-17(20(23)26)11-24-19(25)13-29(27,28)12-16-3-1-15(10-22)2-4-16/h1-8,17H,9,11-13H2,(H2,23,26)(H,24,25). The van der Waals surface area contributed by atoms with E-state index < -0.39 is 39.1 Å². The number of amides is 2. The molecule has 2 rings (SSSR count). The van der Waals surface area contributed by atoms with Gasteiger partial charge < -0.3 is 11.1 Å². The van der Waals surface area contributed by atoms with Crippen LogP contribution in [0.2, 0.25) is 0 Å². The summed E-state index contributed by atoms with van der Waals surface area (Å²) in [6, 6.07) is 13.5. The summed E-state index contributed by atoms with van der Waals surface area (Å²) in [5, 5.41) is 11.2. The molecule has 7 nitrogen and oxygen atoms in total. The number of rotatable bonds is 9. The Kier molecular flexibility index (Phi) is 7.45. The number of nitriles is 1. The largest absolute Gasteiger partial charge is 0.369 e. The fourth-order valence-corrected chi connectivity index (χ4v) is 3.95. The maximum absolute atomic E-state index is 13.0. The van der Waals surface area contributed by atoms with Crippen molar-refractivity contribution < 1.29 is 22.4 Å². The van der Waals surface area contributed by atoms with E-state index in [1.54, 1.807) is 0 Å². The highest BCUT2D eigenvalue weighted by Crippen LogP contribution is 2.11. The van der Waals surface area contributed by atoms with Crippen molar-refractivity contribution in [1.29, 1.82) is 5.26 Å². The number of halogens is 1. The van der Waals surface area contributed by atoms with Crippen LogP contribution in [0.5, 0.6) is 0 Å². The highest BCUT2D eigenvalue weighted by molar-refractivity contribution is 7.91. The van der Waals surface area contributed by atoms with E-state index >= 15 is 0 Å². The normalized spacial score (nSPS) is 12.0. The van der Waals surface area contributed by atoms with Crippen LogP contribution in [0.15, 0.2) is 48.5 Å². The second kappa shape index (κ2) is 9.80. The van der Waals surface area contributed by atoms with Gasteiger partial charge in [0.25, 0.3) is 0 Å². The maximum Gasteiger partial charge on any atom is 0.235 e. The van der Waals surface area contributed by atoms with E-state index in [-0.39, 0.29) is 18.7 Å². The molecule has 0 aliphatic carbocycles. The summed E-state index contributed by atoms with van der Waals surface area (Å²) < 4.78 is 37.4. The second-order valence-electron chi connectivity index (χ2n) is 6.57. The van der Waals surface area contributed by atoms with Crippen molar-refractivity contribution in [2.24, 2.45) is 11.7 Å². The van der Waals surface area contributed by atoms with E-state index in [2.05, 4.69) is 5.32 Å². The third kappa shape index (κ3) is 7.35. The molecule has 0 aliphatic rings. The van der Waals surface area contributed by atoms with Crippen LogP contribution < -0.4 is 11.1 Å². The van der Waals surface area contributed by atoms with E-state index in [9.17, 15) is 22.4 Å². The molecule has 3 N–H and O–H groups in total. The molecule has 1 unspecified atom stereocenters. The van der Waals surface area contributed by atoms with Gasteiger partial charge in [0.2, 0.25) is 11.8 Å². The fraction of sp³-hybridized carbons (Fsp3) is 0.250. The average Bonchev–Trinajstić information content (AvgIpc) is 2.66. The summed E-state index contributed by atoms with van der Waals surface area (Å²) in [6.07, 6.45) is 0.188. The Morgan fingerprint density at radius 1 is 1.07 bits per heavy atom. The Morgan fingerprint density at radius 2 is 1.66 bits per heavy atom. The van der Waals surface area contributed by atoms with Crippen LogP contribution in [0.4, 0.5) is 4.39 Å². The highest BCUT2D eigenvalue weighted by atomic mass is 32.2. The van der Waals surface area contributed by atoms with Gasteiger partial charge in [0.15, 0.2) is 9.84 Å². The number of carbonyl (C=O) groups is 2. The van der Waals surface area contributed by atoms with E-state index in [1.165, 1.54) is 48.5 Å². The second-order valence-corrected chi connectivity index (χ2v) is 8.64. The molecule has 0 saturated heterocycles. The molecule has 1 atom stereocenters. The van der Waals surface area contributed by atoms with E-state index in [0.29, 0.717) is 16.7 Å². The van der Waals surface area contributed by atoms with Gasteiger partial charge in [-0.2, -0.15) is 5.26 Å². The SMILES string of the molecule is N#Cc1ccc(CS(=O)(=O)CC(=O)NCC(Cc2ccc(F)cc2)C(N)=O)cc1. The summed E-state index contributed by atoms with van der Waals surface area (Å²) in [7, 11) is -3.74. The van der Waals surface area contributed by atoms with Gasteiger partial charge in [-0.3, -0.25) is 9.59 Å². The molecule has 29 heavy (non-hydrogen) atoms. The van der Waals surface area contributed by atoms with Crippen LogP contribution in [-0.4, -0.2) is 32.5 Å². The number of sulfone groups is 1. The van der Waals surface area contributed by atoms with Crippen molar-refractivity contribution in [3.63, 3.8) is 0 Å². The molecule has 0 aromatic heterocycles. The summed E-state index contributed by atoms with van der Waals surface area (Å²) in [6.45, 7) is -0.127. The van der Waals surface area contributed by atoms with Crippen LogP contribution in [0, 0.1) is 23.1 Å². The number of hydrogen-bond acceptors (Lipinski definition) is 5. The first-order chi connectivity index (χ1) is 13.7. The number of hydrogen-bond donors (Lipinski definition) is 2. The third-order valence-corrected chi connectivity index (χ3v) is 5.64. The molecule has 0 spiro atoms. The Morgan fingerprint density at radius 3 is 2.21 bits per heavy atom. The van der Waals surface area contributed by atoms with E-state index in [1.807, 2.05) is 6.07 Å². The number of nitrogens with zero attached hydrogens (tertiary/aromatic N) is 1. The molecule has 0 aliphatic heterocycles. The van der Waals surface area contributed by atoms with Gasteiger partial charge in [0, 0.05) is 6.54 Å². The predicted octanol–water partition coefficient (Wildman–Crippen LogP) is 1.07. The number of carbonyl (C=O) groups excluding carboxylic acids is 2. The minimum atomic E-state index is -3.74. The lowest BCUT2D eigenvalue weighted by atomic mass is 9.98. The Labute approximate surface area is 168 Å². The maximum atomic E-state index is 13.0. The molecule has 0 fully saturated rings. The smallest absolute Gasteiger partial charge is 0.235 e. The lowest BCUT2D eigenvalue weighted by Gasteiger charge is -2.14. The molecule has 2 amide bonds. The topological polar surface area (TPSA) is 130 Å². The van der Waals surface area contributed by atoms with Gasteiger partial charge >= 0.3 is 0 Å². The molecule has 0 heterocycles. The molecular weight excluding hydrogens is 397 g/mol. The number of benzene rings is 2. The van der Waals surface area contributed by atoms with Gasteiger partial charge in [-0.15, -0.1) is 0 Å². The molecule has 152 valence electrons. The Hall–Kier alpha value is -3.25. The highest BCUT2D eigenvalue weighted by Gasteiger charge is 2.21. The van der Waals surface area contributed by atoms with Crippen molar-refractivity contribution in [1.82, 2.24) is 5.32 Å². The first kappa shape index (κ1) is 22.0. The summed E-state index contributed by atoms with van der Waals surface area (Å²) in [5.74, 6) is -3.66. The zero-order chi connectivity index (χ0) is 21.4. The van der Waals surface area contributed by atoms with Gasteiger partial charge in [-0.1, -0.05) is 24.3 Å². The zero-order valence-electron chi connectivity index (χ0n) is 15.5. The lowest BCUT2D eigenvalue weighted by Crippen LogP contribution is -2.39. The van der Waals surface area contributed by atoms with Gasteiger partial charge in [0.05, 0.1) is 23.3 Å². The van der Waals surface area contributed by atoms with Crippen molar-refractivity contribution >= 4 is 21.7 Å². The fourth-order valence-electron chi connectivity index (χ4n) is 2.65. The van der Waals surface area contributed by atoms with Crippen molar-refractivity contribution in [3.05, 3.63) is 71.0 Å². The van der Waals surface area contributed by atoms with Gasteiger partial charge in [-0.05, 0) is 41.8 Å². The molecule has 0 saturated carbocycles. The summed E-state index contributed by atoms with van der Waals surface area (Å²) >= 11 is 0. The average molecular weight is 417 g/mol. The third-order valence-electron chi connectivity index (χ3n) is 4.16. The number of nitrogens with two attached hydrogens (primary N) is 1. The summed E-state index contributed by atoms with van der Waals surface area (Å²) in [4.78, 5) is 23.7. The van der Waals surface area contributed by atoms with Gasteiger partial charge in [-0.25, -0.2) is 12.8 Å². The monoisotopic (exact) mass is 417 g/mol. The molecule has 2 aromatic rings. The van der Waals surface area contributed by atoms with Crippen LogP contribution in [0.1, 0.15) is 16.7 Å². The molecule has 9 heteroatoms. The van der Waals surface area contributed by atoms with Crippen LogP contribution >= 0.6 is 0 Å². The van der Waals surface area contributed by atoms with Crippen molar-refractivity contribution in [3.8, 4) is 6.07 Å².